The molecule has 0 amide bonds. The number of nitrogens with one attached hydrogen (secondary N) is 1. The molecule has 5 rings (SSSR count). The first kappa shape index (κ1) is 21.3. The molecule has 0 fully saturated rings. The molecule has 3 aromatic carbocycles. The minimum Gasteiger partial charge on any atom is -0.360 e. The van der Waals surface area contributed by atoms with E-state index in [0.29, 0.717) is 4.80 Å². The molecule has 8 heteroatoms. The van der Waals surface area contributed by atoms with Gasteiger partial charge in [-0.1, -0.05) is 66.7 Å². The maximum Gasteiger partial charge on any atom is 0.294 e. The maximum absolute atomic E-state index is 11.5. The van der Waals surface area contributed by atoms with Gasteiger partial charge in [-0.05, 0) is 29.3 Å². The van der Waals surface area contributed by atoms with Gasteiger partial charge in [0.05, 0.1) is 22.5 Å². The molecule has 0 aliphatic rings. The summed E-state index contributed by atoms with van der Waals surface area (Å²) in [7, 11) is 0. The van der Waals surface area contributed by atoms with E-state index in [4.69, 9.17) is 0 Å². The van der Waals surface area contributed by atoms with Gasteiger partial charge in [0, 0.05) is 23.2 Å². The Morgan fingerprint density at radius 2 is 1.56 bits per heavy atom. The molecular weight excluding hydrogens is 446 g/mol. The lowest BCUT2D eigenvalue weighted by molar-refractivity contribution is -0.384. The fourth-order valence-corrected chi connectivity index (χ4v) is 4.36. The number of para-hydroxylation sites is 2. The van der Waals surface area contributed by atoms with Crippen LogP contribution in [0.5, 0.6) is 0 Å². The number of thiazole rings is 1. The number of H-pyrrole nitrogens is 1. The number of rotatable bonds is 6. The van der Waals surface area contributed by atoms with Crippen LogP contribution >= 0.6 is 11.3 Å². The van der Waals surface area contributed by atoms with Crippen LogP contribution in [0.25, 0.3) is 22.4 Å². The standard InChI is InChI=1S/C26H19N5O2S/c32-31(33)24-11-5-4-10-23(24)29-26-30(28-17-22-9-6-16-27-22)25(18-34-26)21-14-12-20(13-15-21)19-7-2-1-3-8-19/h1-18,27H. The Labute approximate surface area is 199 Å². The zero-order chi connectivity index (χ0) is 23.3. The summed E-state index contributed by atoms with van der Waals surface area (Å²) < 4.78 is 1.71. The predicted molar refractivity (Wildman–Crippen MR) is 135 cm³/mol. The molecule has 0 spiro atoms. The molecule has 0 aliphatic carbocycles. The largest absolute Gasteiger partial charge is 0.360 e. The smallest absolute Gasteiger partial charge is 0.294 e. The fraction of sp³-hybridized carbons (Fsp3) is 0. The van der Waals surface area contributed by atoms with E-state index in [1.54, 1.807) is 29.1 Å². The summed E-state index contributed by atoms with van der Waals surface area (Å²) in [4.78, 5) is 19.2. The van der Waals surface area contributed by atoms with Gasteiger partial charge in [0.1, 0.15) is 5.69 Å². The number of aromatic amines is 1. The van der Waals surface area contributed by atoms with Gasteiger partial charge in [0.15, 0.2) is 0 Å². The highest BCUT2D eigenvalue weighted by molar-refractivity contribution is 7.07. The highest BCUT2D eigenvalue weighted by Crippen LogP contribution is 2.28. The molecule has 2 heterocycles. The van der Waals surface area contributed by atoms with Crippen molar-refractivity contribution in [3.63, 3.8) is 0 Å². The molecule has 0 aliphatic heterocycles. The Bertz CT molecular complexity index is 1520. The van der Waals surface area contributed by atoms with Crippen LogP contribution in [0.2, 0.25) is 0 Å². The highest BCUT2D eigenvalue weighted by atomic mass is 32.1. The van der Waals surface area contributed by atoms with Crippen molar-refractivity contribution >= 4 is 28.9 Å². The van der Waals surface area contributed by atoms with Gasteiger partial charge in [-0.2, -0.15) is 5.10 Å². The molecule has 0 saturated heterocycles. The van der Waals surface area contributed by atoms with Crippen molar-refractivity contribution in [3.8, 4) is 22.4 Å². The van der Waals surface area contributed by atoms with Crippen molar-refractivity contribution in [1.82, 2.24) is 9.66 Å². The van der Waals surface area contributed by atoms with Crippen molar-refractivity contribution < 1.29 is 4.92 Å². The molecule has 1 N–H and O–H groups in total. The topological polar surface area (TPSA) is 88.6 Å². The van der Waals surface area contributed by atoms with Crippen molar-refractivity contribution in [2.75, 3.05) is 0 Å². The molecule has 5 aromatic rings. The first-order valence-electron chi connectivity index (χ1n) is 10.5. The lowest BCUT2D eigenvalue weighted by atomic mass is 10.0. The second-order valence-corrected chi connectivity index (χ2v) is 8.22. The van der Waals surface area contributed by atoms with E-state index >= 15 is 0 Å². The van der Waals surface area contributed by atoms with Gasteiger partial charge in [-0.3, -0.25) is 10.1 Å². The fourth-order valence-electron chi connectivity index (χ4n) is 3.51. The van der Waals surface area contributed by atoms with Crippen LogP contribution in [0, 0.1) is 10.1 Å². The Balaban J connectivity index is 1.61. The van der Waals surface area contributed by atoms with Gasteiger partial charge < -0.3 is 4.98 Å². The first-order chi connectivity index (χ1) is 16.7. The second kappa shape index (κ2) is 9.51. The number of benzene rings is 3. The Kier molecular flexibility index (Phi) is 5.96. The zero-order valence-electron chi connectivity index (χ0n) is 17.9. The third-order valence-corrected chi connectivity index (χ3v) is 6.02. The third kappa shape index (κ3) is 4.48. The van der Waals surface area contributed by atoms with E-state index in [9.17, 15) is 10.1 Å². The molecule has 7 nitrogen and oxygen atoms in total. The SMILES string of the molecule is O=[N+]([O-])c1ccccc1N=c1scc(-c2ccc(-c3ccccc3)cc2)n1N=Cc1ccc[nH]1. The summed E-state index contributed by atoms with van der Waals surface area (Å²) >= 11 is 1.37. The third-order valence-electron chi connectivity index (χ3n) is 5.20. The summed E-state index contributed by atoms with van der Waals surface area (Å²) in [6.07, 6.45) is 3.52. The van der Waals surface area contributed by atoms with E-state index in [-0.39, 0.29) is 11.4 Å². The van der Waals surface area contributed by atoms with Crippen molar-refractivity contribution in [2.24, 2.45) is 10.1 Å². The normalized spacial score (nSPS) is 11.8. The van der Waals surface area contributed by atoms with E-state index in [2.05, 4.69) is 39.3 Å². The first-order valence-corrected chi connectivity index (χ1v) is 11.4. The van der Waals surface area contributed by atoms with Gasteiger partial charge in [0.25, 0.3) is 5.69 Å². The maximum atomic E-state index is 11.5. The number of nitro benzene ring substituents is 1. The summed E-state index contributed by atoms with van der Waals surface area (Å²) in [5, 5.41) is 18.1. The number of aromatic nitrogens is 2. The molecule has 166 valence electrons. The van der Waals surface area contributed by atoms with Crippen molar-refractivity contribution in [3.05, 3.63) is 123 Å². The van der Waals surface area contributed by atoms with Crippen LogP contribution in [-0.4, -0.2) is 20.8 Å². The van der Waals surface area contributed by atoms with Crippen LogP contribution in [0.1, 0.15) is 5.69 Å². The van der Waals surface area contributed by atoms with Gasteiger partial charge in [0.2, 0.25) is 4.80 Å². The van der Waals surface area contributed by atoms with Crippen LogP contribution in [0.15, 0.2) is 113 Å². The molecule has 0 saturated carbocycles. The summed E-state index contributed by atoms with van der Waals surface area (Å²) in [5.41, 5.74) is 5.12. The van der Waals surface area contributed by atoms with E-state index in [0.717, 1.165) is 28.1 Å². The van der Waals surface area contributed by atoms with Crippen LogP contribution in [0.4, 0.5) is 11.4 Å². The molecule has 0 radical (unpaired) electrons. The molecule has 0 atom stereocenters. The van der Waals surface area contributed by atoms with E-state index < -0.39 is 4.92 Å². The van der Waals surface area contributed by atoms with E-state index in [1.165, 1.54) is 17.4 Å². The summed E-state index contributed by atoms with van der Waals surface area (Å²) in [5.74, 6) is 0. The summed E-state index contributed by atoms with van der Waals surface area (Å²) in [6.45, 7) is 0. The Morgan fingerprint density at radius 3 is 2.29 bits per heavy atom. The van der Waals surface area contributed by atoms with E-state index in [1.807, 2.05) is 54.0 Å². The summed E-state index contributed by atoms with van der Waals surface area (Å²) in [6, 6.07) is 28.6. The van der Waals surface area contributed by atoms with Gasteiger partial charge >= 0.3 is 0 Å². The van der Waals surface area contributed by atoms with Gasteiger partial charge in [-0.25, -0.2) is 9.67 Å². The van der Waals surface area contributed by atoms with Crippen LogP contribution < -0.4 is 4.80 Å². The molecule has 2 aromatic heterocycles. The molecule has 34 heavy (non-hydrogen) atoms. The van der Waals surface area contributed by atoms with Gasteiger partial charge in [-0.15, -0.1) is 11.3 Å². The Hall–Kier alpha value is -4.56. The number of hydrogen-bond acceptors (Lipinski definition) is 5. The Morgan fingerprint density at radius 1 is 0.853 bits per heavy atom. The zero-order valence-corrected chi connectivity index (χ0v) is 18.7. The predicted octanol–water partition coefficient (Wildman–Crippen LogP) is 6.23. The van der Waals surface area contributed by atoms with Crippen LogP contribution in [-0.2, 0) is 0 Å². The molecule has 0 bridgehead atoms. The minimum atomic E-state index is -0.428. The highest BCUT2D eigenvalue weighted by Gasteiger charge is 2.13. The lowest BCUT2D eigenvalue weighted by Gasteiger charge is -2.06. The average molecular weight is 466 g/mol. The minimum absolute atomic E-state index is 0.0513. The number of nitrogens with zero attached hydrogens (tertiary/aromatic N) is 4. The number of nitro groups is 1. The number of hydrogen-bond donors (Lipinski definition) is 1. The lowest BCUT2D eigenvalue weighted by Crippen LogP contribution is -2.11. The molecular formula is C26H19N5O2S. The second-order valence-electron chi connectivity index (χ2n) is 7.39. The monoisotopic (exact) mass is 465 g/mol. The average Bonchev–Trinajstić information content (AvgIpc) is 3.54. The van der Waals surface area contributed by atoms with Crippen molar-refractivity contribution in [1.29, 1.82) is 0 Å². The van der Waals surface area contributed by atoms with Crippen LogP contribution in [0.3, 0.4) is 0 Å². The quantitative estimate of drug-likeness (QED) is 0.183. The van der Waals surface area contributed by atoms with Crippen molar-refractivity contribution in [2.45, 2.75) is 0 Å². The molecule has 0 unspecified atom stereocenters.